The highest BCUT2D eigenvalue weighted by molar-refractivity contribution is 5.77. The van der Waals surface area contributed by atoms with Crippen molar-refractivity contribution in [1.29, 1.82) is 0 Å². The number of aliphatic hydroxyl groups excluding tert-OH is 14. The Morgan fingerprint density at radius 3 is 1.45 bits per heavy atom. The Hall–Kier alpha value is -3.79. The Balaban J connectivity index is 1.50. The Kier molecular flexibility index (Phi) is 42.5. The first-order valence-corrected chi connectivity index (χ1v) is 37.2. The van der Waals surface area contributed by atoms with Gasteiger partial charge in [0.15, 0.2) is 12.6 Å². The predicted octanol–water partition coefficient (Wildman–Crippen LogP) is -2.33. The van der Waals surface area contributed by atoms with E-state index in [1.165, 1.54) is 109 Å². The van der Waals surface area contributed by atoms with E-state index in [9.17, 15) is 106 Å². The molecule has 0 radical (unpaired) electrons. The highest BCUT2D eigenvalue weighted by atomic mass is 16.8. The number of hydrogen-bond donors (Lipinski definition) is 17. The second-order valence-electron chi connectivity index (χ2n) is 27.9. The summed E-state index contributed by atoms with van der Waals surface area (Å²) >= 11 is 0. The second kappa shape index (κ2) is 47.8. The van der Waals surface area contributed by atoms with Gasteiger partial charge in [0.25, 0.3) is 0 Å². The van der Waals surface area contributed by atoms with E-state index in [1.807, 2.05) is 6.08 Å². The van der Waals surface area contributed by atoms with Crippen LogP contribution in [0, 0.1) is 0 Å². The summed E-state index contributed by atoms with van der Waals surface area (Å²) in [5.41, 5.74) is 0. The van der Waals surface area contributed by atoms with Crippen LogP contribution in [0.2, 0.25) is 0 Å². The molecule has 0 aromatic rings. The van der Waals surface area contributed by atoms with E-state index in [0.29, 0.717) is 12.8 Å². The van der Waals surface area contributed by atoms with Crippen LogP contribution in [0.25, 0.3) is 0 Å². The van der Waals surface area contributed by atoms with Gasteiger partial charge in [0.05, 0.1) is 69.5 Å². The van der Waals surface area contributed by atoms with E-state index >= 15 is 0 Å². The Bertz CT molecular complexity index is 2410. The normalized spacial score (nSPS) is 31.7. The lowest BCUT2D eigenvalue weighted by Crippen LogP contribution is -2.73. The SMILES string of the molecule is CCCCCCCCCCCCCC=C[C@@H](O)[C@H](CO[C@@H]1O[C@H](CO)[C@@H](O[C@@H]2O[C@H](CO)[C@H](O)[C@H](O[C@]3(C(=O)[O-])C[C@H](O)[C@@H](NC(C)=O)[C@H]([C@H](O)[C@@H](CO)O[C@]4(C(=O)[O-])C[C@H](O)[C@@H](NC(C)=O)[C@H]([C@H](O)[C@H](O)CO)O4)O3)[C@H]2O)[C@H](O)[C@H]1O)NC(=O)CCCCCCCCCCCCCCCCC. The van der Waals surface area contributed by atoms with E-state index in [0.717, 1.165) is 65.2 Å². The fourth-order valence-corrected chi connectivity index (χ4v) is 13.5. The number of hydrogen-bond acceptors (Lipinski definition) is 29. The third-order valence-electron chi connectivity index (χ3n) is 19.4. The summed E-state index contributed by atoms with van der Waals surface area (Å²) in [6.07, 6.45) is -9.25. The number of nitrogens with one attached hydrogen (secondary N) is 3. The number of carboxylic acids is 2. The van der Waals surface area contributed by atoms with Gasteiger partial charge >= 0.3 is 0 Å². The highest BCUT2D eigenvalue weighted by Crippen LogP contribution is 2.41. The zero-order valence-corrected chi connectivity index (χ0v) is 60.0. The fourth-order valence-electron chi connectivity index (χ4n) is 13.5. The standard InChI is InChI=1S/C70H125N3O29/c1-5-7-9-11-13-15-17-19-20-22-24-26-28-30-32-34-52(84)73-44(45(80)33-31-29-27-25-23-21-18-16-14-12-10-8-6-2)41-95-65-59(89)58(88)61(51(40-77)97-65)98-66-60(90)64(56(86)49(38-75)96-66)102-70(68(93)94)36-47(82)54(72-43(4)79)63(101-70)57(87)50(39-76)99-69(67(91)92)35-46(81)53(71-42(3)78)62(100-69)55(85)48(83)37-74/h31,33,44-51,53-66,74-77,80-83,85-90H,5-30,32,34-41H2,1-4H3,(H,71,78)(H,72,79)(H,73,84)(H,91,92)(H,93,94)/p-2/t44-,45+,46-,47-,48+,49+,50+,51+,53+,54+,55+,56-,57+,58+,59+,60+,61+,62+,63+,64-,65+,66-,69+,70-/m0/s1. The van der Waals surface area contributed by atoms with Crippen LogP contribution in [-0.2, 0) is 61.9 Å². The van der Waals surface area contributed by atoms with Gasteiger partial charge in [0, 0.05) is 33.1 Å². The lowest BCUT2D eigenvalue weighted by molar-refractivity contribution is -0.415. The Morgan fingerprint density at radius 1 is 0.539 bits per heavy atom. The van der Waals surface area contributed by atoms with E-state index in [1.54, 1.807) is 6.08 Å². The van der Waals surface area contributed by atoms with Crippen LogP contribution < -0.4 is 26.2 Å². The zero-order valence-electron chi connectivity index (χ0n) is 60.0. The van der Waals surface area contributed by atoms with Crippen molar-refractivity contribution in [3.05, 3.63) is 12.2 Å². The molecule has 3 amide bonds. The molecule has 4 rings (SSSR count). The predicted molar refractivity (Wildman–Crippen MR) is 358 cm³/mol. The first-order chi connectivity index (χ1) is 48.7. The minimum Gasteiger partial charge on any atom is -0.544 e. The third-order valence-corrected chi connectivity index (χ3v) is 19.4. The summed E-state index contributed by atoms with van der Waals surface area (Å²) in [5, 5.41) is 189. The van der Waals surface area contributed by atoms with Crippen molar-refractivity contribution in [2.24, 2.45) is 0 Å². The molecule has 4 heterocycles. The summed E-state index contributed by atoms with van der Waals surface area (Å²) in [6.45, 7) is 0.955. The molecule has 4 fully saturated rings. The topological polar surface area (TPSA) is 525 Å². The van der Waals surface area contributed by atoms with Gasteiger partial charge in [-0.05, 0) is 19.3 Å². The van der Waals surface area contributed by atoms with Crippen LogP contribution in [0.5, 0.6) is 0 Å². The summed E-state index contributed by atoms with van der Waals surface area (Å²) in [5.74, 6) is -13.9. The molecule has 24 atom stereocenters. The van der Waals surface area contributed by atoms with Crippen LogP contribution in [0.1, 0.15) is 220 Å². The van der Waals surface area contributed by atoms with Gasteiger partial charge in [-0.3, -0.25) is 14.4 Å². The number of aliphatic hydroxyl groups is 14. The van der Waals surface area contributed by atoms with E-state index in [-0.39, 0.29) is 12.3 Å². The molecule has 0 aromatic carbocycles. The maximum absolute atomic E-state index is 13.5. The maximum atomic E-state index is 13.5. The minimum absolute atomic E-state index is 0.150. The molecule has 0 unspecified atom stereocenters. The number of unbranched alkanes of at least 4 members (excludes halogenated alkanes) is 25. The van der Waals surface area contributed by atoms with Crippen molar-refractivity contribution in [1.82, 2.24) is 16.0 Å². The third kappa shape index (κ3) is 28.4. The van der Waals surface area contributed by atoms with Crippen molar-refractivity contribution in [3.8, 4) is 0 Å². The van der Waals surface area contributed by atoms with Gasteiger partial charge in [0.2, 0.25) is 29.3 Å². The maximum Gasteiger partial charge on any atom is 0.220 e. The molecule has 4 saturated heterocycles. The molecule has 32 heteroatoms. The van der Waals surface area contributed by atoms with Gasteiger partial charge in [-0.25, -0.2) is 0 Å². The summed E-state index contributed by atoms with van der Waals surface area (Å²) in [7, 11) is 0. The van der Waals surface area contributed by atoms with Crippen molar-refractivity contribution in [2.45, 2.75) is 366 Å². The number of carbonyl (C=O) groups is 5. The Labute approximate surface area is 598 Å². The quantitative estimate of drug-likeness (QED) is 0.0224. The van der Waals surface area contributed by atoms with Crippen molar-refractivity contribution in [2.75, 3.05) is 33.0 Å². The van der Waals surface area contributed by atoms with E-state index in [4.69, 9.17) is 37.9 Å². The molecule has 4 aliphatic heterocycles. The average molecular weight is 1470 g/mol. The summed E-state index contributed by atoms with van der Waals surface area (Å²) in [6, 6.07) is -4.81. The number of carbonyl (C=O) groups excluding carboxylic acids is 5. The number of allylic oxidation sites excluding steroid dienone is 1. The zero-order chi connectivity index (χ0) is 75.5. The molecule has 0 spiro atoms. The van der Waals surface area contributed by atoms with Crippen LogP contribution in [0.15, 0.2) is 12.2 Å². The molecule has 32 nitrogen and oxygen atoms in total. The second-order valence-corrected chi connectivity index (χ2v) is 27.9. The number of carboxylic acid groups (broad SMARTS) is 2. The fraction of sp³-hybridized carbons (Fsp3) is 0.900. The monoisotopic (exact) mass is 1470 g/mol. The van der Waals surface area contributed by atoms with Crippen LogP contribution in [-0.4, -0.2) is 280 Å². The van der Waals surface area contributed by atoms with Crippen molar-refractivity contribution in [3.63, 3.8) is 0 Å². The molecular weight excluding hydrogens is 1350 g/mol. The number of aliphatic carboxylic acids is 2. The van der Waals surface area contributed by atoms with Gasteiger partial charge in [0.1, 0.15) is 97.4 Å². The Morgan fingerprint density at radius 2 is 0.990 bits per heavy atom. The molecule has 4 aliphatic rings. The number of rotatable bonds is 52. The van der Waals surface area contributed by atoms with Gasteiger partial charge < -0.3 is 145 Å². The summed E-state index contributed by atoms with van der Waals surface area (Å²) < 4.78 is 46.1. The lowest BCUT2D eigenvalue weighted by Gasteiger charge is -2.53. The molecule has 0 aliphatic carbocycles. The molecule has 594 valence electrons. The first kappa shape index (κ1) is 90.6. The molecule has 0 saturated carbocycles. The van der Waals surface area contributed by atoms with E-state index < -0.39 is 216 Å². The highest BCUT2D eigenvalue weighted by Gasteiger charge is 2.60. The van der Waals surface area contributed by atoms with Crippen molar-refractivity contribution >= 4 is 29.7 Å². The molecule has 102 heavy (non-hydrogen) atoms. The first-order valence-electron chi connectivity index (χ1n) is 37.2. The molecule has 17 N–H and O–H groups in total. The van der Waals surface area contributed by atoms with Gasteiger partial charge in [-0.2, -0.15) is 0 Å². The average Bonchev–Trinajstić information content (AvgIpc) is 0.761. The molecular formula is C70H123N3O29-2. The van der Waals surface area contributed by atoms with Crippen LogP contribution in [0.4, 0.5) is 0 Å². The van der Waals surface area contributed by atoms with Crippen molar-refractivity contribution < 1.29 is 144 Å². The van der Waals surface area contributed by atoms with E-state index in [2.05, 4.69) is 29.8 Å². The van der Waals surface area contributed by atoms with Crippen LogP contribution >= 0.6 is 0 Å². The number of amides is 3. The summed E-state index contributed by atoms with van der Waals surface area (Å²) in [4.78, 5) is 64.7. The largest absolute Gasteiger partial charge is 0.544 e. The van der Waals surface area contributed by atoms with Crippen LogP contribution in [0.3, 0.4) is 0 Å². The molecule has 0 aromatic heterocycles. The van der Waals surface area contributed by atoms with Gasteiger partial charge in [-0.15, -0.1) is 0 Å². The van der Waals surface area contributed by atoms with Gasteiger partial charge in [-0.1, -0.05) is 180 Å². The smallest absolute Gasteiger partial charge is 0.220 e. The minimum atomic E-state index is -3.51. The molecule has 0 bridgehead atoms. The number of ether oxygens (including phenoxy) is 8. The lowest BCUT2D eigenvalue weighted by atomic mass is 9.87.